The third-order valence-electron chi connectivity index (χ3n) is 3.76. The predicted molar refractivity (Wildman–Crippen MR) is 81.2 cm³/mol. The lowest BCUT2D eigenvalue weighted by Gasteiger charge is -2.38. The highest BCUT2D eigenvalue weighted by Gasteiger charge is 2.39. The predicted octanol–water partition coefficient (Wildman–Crippen LogP) is 0.877. The number of rotatable bonds is 6. The minimum Gasteiger partial charge on any atom is -0.385 e. The van der Waals surface area contributed by atoms with Crippen LogP contribution in [0.15, 0.2) is 24.3 Å². The zero-order valence-corrected chi connectivity index (χ0v) is 13.3. The highest BCUT2D eigenvalue weighted by Crippen LogP contribution is 2.29. The molecule has 1 aromatic rings. The topological polar surface area (TPSA) is 67.9 Å². The van der Waals surface area contributed by atoms with E-state index in [0.717, 1.165) is 0 Å². The molecule has 0 aromatic heterocycles. The SMILES string of the molecule is COCCCNC(=O)[C@H]1OCC(=O)N(C)[C@H]1c1cccc(F)c1. The minimum atomic E-state index is -0.873. The van der Waals surface area contributed by atoms with Crippen LogP contribution in [0.5, 0.6) is 0 Å². The van der Waals surface area contributed by atoms with E-state index >= 15 is 0 Å². The summed E-state index contributed by atoms with van der Waals surface area (Å²) in [5.74, 6) is -0.995. The van der Waals surface area contributed by atoms with Crippen LogP contribution in [0.25, 0.3) is 0 Å². The molecule has 0 aliphatic carbocycles. The van der Waals surface area contributed by atoms with Crippen molar-refractivity contribution in [2.75, 3.05) is 33.9 Å². The second-order valence-corrected chi connectivity index (χ2v) is 5.37. The molecule has 0 unspecified atom stereocenters. The summed E-state index contributed by atoms with van der Waals surface area (Å²) in [7, 11) is 3.18. The Kier molecular flexibility index (Phi) is 6.06. The van der Waals surface area contributed by atoms with Crippen LogP contribution in [-0.2, 0) is 19.1 Å². The number of carbonyl (C=O) groups is 2. The van der Waals surface area contributed by atoms with Crippen molar-refractivity contribution in [1.29, 1.82) is 0 Å². The van der Waals surface area contributed by atoms with E-state index in [0.29, 0.717) is 25.1 Å². The molecule has 23 heavy (non-hydrogen) atoms. The summed E-state index contributed by atoms with van der Waals surface area (Å²) in [5, 5.41) is 2.76. The number of likely N-dealkylation sites (N-methyl/N-ethyl adjacent to an activating group) is 1. The molecule has 0 bridgehead atoms. The smallest absolute Gasteiger partial charge is 0.251 e. The second-order valence-electron chi connectivity index (χ2n) is 5.37. The average molecular weight is 324 g/mol. The van der Waals surface area contributed by atoms with Gasteiger partial charge in [0, 0.05) is 27.3 Å². The molecule has 1 aliphatic heterocycles. The van der Waals surface area contributed by atoms with Crippen LogP contribution in [-0.4, -0.2) is 56.7 Å². The van der Waals surface area contributed by atoms with Gasteiger partial charge in [0.05, 0.1) is 6.04 Å². The maximum Gasteiger partial charge on any atom is 0.251 e. The van der Waals surface area contributed by atoms with Crippen LogP contribution in [0.3, 0.4) is 0 Å². The van der Waals surface area contributed by atoms with Crippen molar-refractivity contribution in [1.82, 2.24) is 10.2 Å². The van der Waals surface area contributed by atoms with Gasteiger partial charge in [0.15, 0.2) is 6.10 Å². The van der Waals surface area contributed by atoms with Crippen molar-refractivity contribution in [3.8, 4) is 0 Å². The maximum absolute atomic E-state index is 13.5. The van der Waals surface area contributed by atoms with Crippen LogP contribution in [0.2, 0.25) is 0 Å². The number of carbonyl (C=O) groups excluding carboxylic acids is 2. The average Bonchev–Trinajstić information content (AvgIpc) is 2.53. The fourth-order valence-corrected chi connectivity index (χ4v) is 2.55. The highest BCUT2D eigenvalue weighted by molar-refractivity contribution is 5.86. The molecule has 0 spiro atoms. The summed E-state index contributed by atoms with van der Waals surface area (Å²) in [5.41, 5.74) is 0.526. The Morgan fingerprint density at radius 1 is 1.52 bits per heavy atom. The maximum atomic E-state index is 13.5. The van der Waals surface area contributed by atoms with Gasteiger partial charge in [0.2, 0.25) is 5.91 Å². The minimum absolute atomic E-state index is 0.168. The van der Waals surface area contributed by atoms with E-state index in [9.17, 15) is 14.0 Å². The lowest BCUT2D eigenvalue weighted by atomic mass is 9.97. The van der Waals surface area contributed by atoms with Crippen molar-refractivity contribution >= 4 is 11.8 Å². The van der Waals surface area contributed by atoms with Gasteiger partial charge < -0.3 is 19.7 Å². The highest BCUT2D eigenvalue weighted by atomic mass is 19.1. The van der Waals surface area contributed by atoms with E-state index in [4.69, 9.17) is 9.47 Å². The number of halogens is 1. The first-order chi connectivity index (χ1) is 11.0. The van der Waals surface area contributed by atoms with Gasteiger partial charge in [-0.1, -0.05) is 12.1 Å². The summed E-state index contributed by atoms with van der Waals surface area (Å²) >= 11 is 0. The van der Waals surface area contributed by atoms with Gasteiger partial charge in [-0.15, -0.1) is 0 Å². The van der Waals surface area contributed by atoms with Gasteiger partial charge in [-0.05, 0) is 24.1 Å². The molecule has 2 atom stereocenters. The fourth-order valence-electron chi connectivity index (χ4n) is 2.55. The number of benzene rings is 1. The molecule has 126 valence electrons. The van der Waals surface area contributed by atoms with E-state index in [1.807, 2.05) is 0 Å². The molecule has 1 fully saturated rings. The number of ether oxygens (including phenoxy) is 2. The van der Waals surface area contributed by atoms with E-state index in [1.165, 1.54) is 17.0 Å². The van der Waals surface area contributed by atoms with Crippen molar-refractivity contribution in [2.24, 2.45) is 0 Å². The molecule has 1 saturated heterocycles. The lowest BCUT2D eigenvalue weighted by Crippen LogP contribution is -2.53. The Morgan fingerprint density at radius 2 is 2.30 bits per heavy atom. The van der Waals surface area contributed by atoms with Crippen LogP contribution >= 0.6 is 0 Å². The normalized spacial score (nSPS) is 21.3. The van der Waals surface area contributed by atoms with Gasteiger partial charge in [-0.2, -0.15) is 0 Å². The summed E-state index contributed by atoms with van der Waals surface area (Å²) < 4.78 is 23.9. The van der Waals surface area contributed by atoms with Crippen LogP contribution < -0.4 is 5.32 Å². The van der Waals surface area contributed by atoms with Crippen LogP contribution in [0.1, 0.15) is 18.0 Å². The number of nitrogens with zero attached hydrogens (tertiary/aromatic N) is 1. The molecule has 0 saturated carbocycles. The molecule has 1 aliphatic rings. The summed E-state index contributed by atoms with van der Waals surface area (Å²) in [6, 6.07) is 5.19. The van der Waals surface area contributed by atoms with Gasteiger partial charge in [0.1, 0.15) is 12.4 Å². The Labute approximate surface area is 134 Å². The molecule has 6 nitrogen and oxygen atoms in total. The molecular weight excluding hydrogens is 303 g/mol. The Morgan fingerprint density at radius 3 is 3.00 bits per heavy atom. The Bertz CT molecular complexity index is 567. The van der Waals surface area contributed by atoms with Gasteiger partial charge >= 0.3 is 0 Å². The first-order valence-electron chi connectivity index (χ1n) is 7.44. The number of hydrogen-bond donors (Lipinski definition) is 1. The number of morpholine rings is 1. The molecule has 1 N–H and O–H groups in total. The van der Waals surface area contributed by atoms with E-state index in [-0.39, 0.29) is 18.4 Å². The summed E-state index contributed by atoms with van der Waals surface area (Å²) in [4.78, 5) is 25.7. The van der Waals surface area contributed by atoms with Crippen molar-refractivity contribution in [3.63, 3.8) is 0 Å². The largest absolute Gasteiger partial charge is 0.385 e. The Hall–Kier alpha value is -1.99. The number of nitrogens with one attached hydrogen (secondary N) is 1. The molecule has 2 rings (SSSR count). The van der Waals surface area contributed by atoms with Crippen molar-refractivity contribution < 1.29 is 23.5 Å². The first kappa shape index (κ1) is 17.4. The monoisotopic (exact) mass is 324 g/mol. The number of amides is 2. The summed E-state index contributed by atoms with van der Waals surface area (Å²) in [6.07, 6.45) is -0.198. The molecule has 0 radical (unpaired) electrons. The third kappa shape index (κ3) is 4.27. The lowest BCUT2D eigenvalue weighted by molar-refractivity contribution is -0.162. The molecule has 2 amide bonds. The standard InChI is InChI=1S/C16H21FN2O4/c1-19-13(20)10-23-15(16(21)18-7-4-8-22-2)14(19)11-5-3-6-12(17)9-11/h3,5-6,9,14-15H,4,7-8,10H2,1-2H3,(H,18,21)/t14-,15-/m0/s1. The van der Waals surface area contributed by atoms with Gasteiger partial charge in [-0.3, -0.25) is 9.59 Å². The van der Waals surface area contributed by atoms with Gasteiger partial charge in [-0.25, -0.2) is 4.39 Å². The fraction of sp³-hybridized carbons (Fsp3) is 0.500. The van der Waals surface area contributed by atoms with Crippen LogP contribution in [0, 0.1) is 5.82 Å². The second kappa shape index (κ2) is 8.03. The van der Waals surface area contributed by atoms with E-state index in [1.54, 1.807) is 26.3 Å². The molecular formula is C16H21FN2O4. The summed E-state index contributed by atoms with van der Waals surface area (Å²) in [6.45, 7) is 0.816. The van der Waals surface area contributed by atoms with E-state index in [2.05, 4.69) is 5.32 Å². The van der Waals surface area contributed by atoms with Gasteiger partial charge in [0.25, 0.3) is 5.91 Å². The van der Waals surface area contributed by atoms with E-state index < -0.39 is 18.0 Å². The first-order valence-corrected chi connectivity index (χ1v) is 7.44. The zero-order valence-electron chi connectivity index (χ0n) is 13.3. The third-order valence-corrected chi connectivity index (χ3v) is 3.76. The zero-order chi connectivity index (χ0) is 16.8. The number of hydrogen-bond acceptors (Lipinski definition) is 4. The quantitative estimate of drug-likeness (QED) is 0.789. The molecule has 1 heterocycles. The Balaban J connectivity index is 2.15. The van der Waals surface area contributed by atoms with Crippen molar-refractivity contribution in [3.05, 3.63) is 35.6 Å². The molecule has 7 heteroatoms. The number of methoxy groups -OCH3 is 1. The van der Waals surface area contributed by atoms with Crippen molar-refractivity contribution in [2.45, 2.75) is 18.6 Å². The molecule has 1 aromatic carbocycles. The van der Waals surface area contributed by atoms with Crippen LogP contribution in [0.4, 0.5) is 4.39 Å².